The highest BCUT2D eigenvalue weighted by Crippen LogP contribution is 2.26. The molecule has 0 saturated heterocycles. The van der Waals surface area contributed by atoms with Gasteiger partial charge in [0.1, 0.15) is 6.10 Å². The van der Waals surface area contributed by atoms with Gasteiger partial charge in [-0.3, -0.25) is 9.59 Å². The third-order valence-corrected chi connectivity index (χ3v) is 4.25. The molecule has 0 bridgehead atoms. The van der Waals surface area contributed by atoms with E-state index in [0.717, 1.165) is 18.4 Å². The molecule has 1 aliphatic carbocycles. The van der Waals surface area contributed by atoms with Crippen molar-refractivity contribution in [3.8, 4) is 0 Å². The fourth-order valence-corrected chi connectivity index (χ4v) is 3.00. The van der Waals surface area contributed by atoms with Gasteiger partial charge in [-0.05, 0) is 43.4 Å². The summed E-state index contributed by atoms with van der Waals surface area (Å²) < 4.78 is 5.90. The molecule has 0 heterocycles. The largest absolute Gasteiger partial charge is 0.369 e. The van der Waals surface area contributed by atoms with Gasteiger partial charge in [-0.2, -0.15) is 0 Å². The highest BCUT2D eigenvalue weighted by Gasteiger charge is 2.24. The highest BCUT2D eigenvalue weighted by molar-refractivity contribution is 5.93. The van der Waals surface area contributed by atoms with Gasteiger partial charge in [0.15, 0.2) is 0 Å². The van der Waals surface area contributed by atoms with Gasteiger partial charge in [0, 0.05) is 5.69 Å². The number of rotatable bonds is 6. The fourth-order valence-electron chi connectivity index (χ4n) is 3.00. The third kappa shape index (κ3) is 5.67. The number of hydrogen-bond acceptors (Lipinski definition) is 3. The molecule has 3 atom stereocenters. The lowest BCUT2D eigenvalue weighted by Crippen LogP contribution is -2.33. The Morgan fingerprint density at radius 3 is 2.61 bits per heavy atom. The van der Waals surface area contributed by atoms with Crippen molar-refractivity contribution < 1.29 is 14.3 Å². The van der Waals surface area contributed by atoms with Crippen LogP contribution in [0.3, 0.4) is 0 Å². The Morgan fingerprint density at radius 1 is 1.30 bits per heavy atom. The number of amides is 2. The van der Waals surface area contributed by atoms with Gasteiger partial charge >= 0.3 is 0 Å². The Balaban J connectivity index is 1.84. The molecule has 0 unspecified atom stereocenters. The summed E-state index contributed by atoms with van der Waals surface area (Å²) >= 11 is 0. The Kier molecular flexibility index (Phi) is 6.16. The summed E-state index contributed by atoms with van der Waals surface area (Å²) in [6.07, 6.45) is 4.38. The SMILES string of the molecule is C[C@@H]1CCC[C@H](O[C@@H](C)C(=O)Nc2ccc(CC(N)=O)cc2)C1. The number of hydrogen-bond donors (Lipinski definition) is 2. The van der Waals surface area contributed by atoms with Crippen LogP contribution in [0.5, 0.6) is 0 Å². The van der Waals surface area contributed by atoms with Crippen LogP contribution in [0.2, 0.25) is 0 Å². The second kappa shape index (κ2) is 8.11. The average Bonchev–Trinajstić information content (AvgIpc) is 2.48. The number of ether oxygens (including phenoxy) is 1. The molecular formula is C18H26N2O3. The lowest BCUT2D eigenvalue weighted by Gasteiger charge is -2.29. The summed E-state index contributed by atoms with van der Waals surface area (Å²) in [5, 5.41) is 2.84. The smallest absolute Gasteiger partial charge is 0.253 e. The first-order valence-electron chi connectivity index (χ1n) is 8.27. The number of nitrogens with two attached hydrogens (primary N) is 1. The van der Waals surface area contributed by atoms with Crippen LogP contribution < -0.4 is 11.1 Å². The summed E-state index contributed by atoms with van der Waals surface area (Å²) in [5.41, 5.74) is 6.68. The Hall–Kier alpha value is -1.88. The Morgan fingerprint density at radius 2 is 2.00 bits per heavy atom. The van der Waals surface area contributed by atoms with E-state index in [-0.39, 0.29) is 24.3 Å². The van der Waals surface area contributed by atoms with Crippen molar-refractivity contribution in [1.29, 1.82) is 0 Å². The van der Waals surface area contributed by atoms with Crippen LogP contribution in [0, 0.1) is 5.92 Å². The first-order chi connectivity index (χ1) is 10.9. The maximum Gasteiger partial charge on any atom is 0.253 e. The van der Waals surface area contributed by atoms with E-state index in [9.17, 15) is 9.59 Å². The molecule has 23 heavy (non-hydrogen) atoms. The third-order valence-electron chi connectivity index (χ3n) is 4.25. The average molecular weight is 318 g/mol. The molecule has 0 radical (unpaired) electrons. The monoisotopic (exact) mass is 318 g/mol. The second-order valence-electron chi connectivity index (χ2n) is 6.50. The molecule has 1 aromatic rings. The van der Waals surface area contributed by atoms with Crippen molar-refractivity contribution in [2.24, 2.45) is 11.7 Å². The predicted molar refractivity (Wildman–Crippen MR) is 89.9 cm³/mol. The molecule has 3 N–H and O–H groups in total. The van der Waals surface area contributed by atoms with E-state index < -0.39 is 6.10 Å². The molecule has 2 amide bonds. The van der Waals surface area contributed by atoms with E-state index in [4.69, 9.17) is 10.5 Å². The van der Waals surface area contributed by atoms with Crippen LogP contribution in [0.1, 0.15) is 45.1 Å². The van der Waals surface area contributed by atoms with E-state index in [2.05, 4.69) is 12.2 Å². The normalized spacial score (nSPS) is 22.3. The van der Waals surface area contributed by atoms with Crippen LogP contribution in [0.4, 0.5) is 5.69 Å². The van der Waals surface area contributed by atoms with Gasteiger partial charge in [-0.1, -0.05) is 31.9 Å². The fraction of sp³-hybridized carbons (Fsp3) is 0.556. The predicted octanol–water partition coefficient (Wildman–Crippen LogP) is 2.64. The van der Waals surface area contributed by atoms with Gasteiger partial charge < -0.3 is 15.8 Å². The lowest BCUT2D eigenvalue weighted by atomic mass is 9.88. The number of primary amides is 1. The molecule has 2 rings (SSSR count). The number of carbonyl (C=O) groups excluding carboxylic acids is 2. The van der Waals surface area contributed by atoms with Crippen LogP contribution in [0.25, 0.3) is 0 Å². The van der Waals surface area contributed by atoms with Crippen molar-refractivity contribution in [1.82, 2.24) is 0 Å². The minimum atomic E-state index is -0.476. The Bertz CT molecular complexity index is 542. The van der Waals surface area contributed by atoms with E-state index in [1.54, 1.807) is 31.2 Å². The summed E-state index contributed by atoms with van der Waals surface area (Å²) in [6.45, 7) is 4.02. The van der Waals surface area contributed by atoms with Crippen molar-refractivity contribution in [3.63, 3.8) is 0 Å². The second-order valence-corrected chi connectivity index (χ2v) is 6.50. The van der Waals surface area contributed by atoms with Gasteiger partial charge in [0.25, 0.3) is 5.91 Å². The molecule has 1 aromatic carbocycles. The highest BCUT2D eigenvalue weighted by atomic mass is 16.5. The maximum absolute atomic E-state index is 12.2. The molecule has 0 aliphatic heterocycles. The minimum absolute atomic E-state index is 0.147. The van der Waals surface area contributed by atoms with Crippen molar-refractivity contribution >= 4 is 17.5 Å². The van der Waals surface area contributed by atoms with Gasteiger partial charge in [-0.15, -0.1) is 0 Å². The molecule has 1 saturated carbocycles. The number of carbonyl (C=O) groups is 2. The Labute approximate surface area is 137 Å². The van der Waals surface area contributed by atoms with E-state index in [1.165, 1.54) is 12.8 Å². The van der Waals surface area contributed by atoms with Crippen LogP contribution in [-0.4, -0.2) is 24.0 Å². The number of nitrogens with one attached hydrogen (secondary N) is 1. The molecular weight excluding hydrogens is 292 g/mol. The standard InChI is InChI=1S/C18H26N2O3/c1-12-4-3-5-16(10-12)23-13(2)18(22)20-15-8-6-14(7-9-15)11-17(19)21/h6-9,12-13,16H,3-5,10-11H2,1-2H3,(H2,19,21)(H,20,22)/t12-,13+,16+/m1/s1. The molecule has 1 aliphatic rings. The zero-order valence-electron chi connectivity index (χ0n) is 13.9. The maximum atomic E-state index is 12.2. The minimum Gasteiger partial charge on any atom is -0.369 e. The molecule has 0 spiro atoms. The van der Waals surface area contributed by atoms with Gasteiger partial charge in [-0.25, -0.2) is 0 Å². The van der Waals surface area contributed by atoms with Crippen molar-refractivity contribution in [2.75, 3.05) is 5.32 Å². The van der Waals surface area contributed by atoms with Crippen LogP contribution >= 0.6 is 0 Å². The molecule has 5 heteroatoms. The van der Waals surface area contributed by atoms with E-state index >= 15 is 0 Å². The first-order valence-corrected chi connectivity index (χ1v) is 8.27. The summed E-state index contributed by atoms with van der Waals surface area (Å²) in [6, 6.07) is 7.11. The van der Waals surface area contributed by atoms with Crippen molar-refractivity contribution in [2.45, 2.75) is 58.2 Å². The molecule has 5 nitrogen and oxygen atoms in total. The van der Waals surface area contributed by atoms with E-state index in [0.29, 0.717) is 11.6 Å². The summed E-state index contributed by atoms with van der Waals surface area (Å²) in [5.74, 6) is 0.151. The van der Waals surface area contributed by atoms with E-state index in [1.807, 2.05) is 0 Å². The number of benzene rings is 1. The molecule has 1 fully saturated rings. The van der Waals surface area contributed by atoms with Gasteiger partial charge in [0.2, 0.25) is 5.91 Å². The topological polar surface area (TPSA) is 81.4 Å². The zero-order chi connectivity index (χ0) is 16.8. The molecule has 126 valence electrons. The molecule has 0 aromatic heterocycles. The summed E-state index contributed by atoms with van der Waals surface area (Å²) in [4.78, 5) is 23.1. The van der Waals surface area contributed by atoms with Gasteiger partial charge in [0.05, 0.1) is 12.5 Å². The zero-order valence-corrected chi connectivity index (χ0v) is 13.9. The first kappa shape index (κ1) is 17.5. The lowest BCUT2D eigenvalue weighted by molar-refractivity contribution is -0.131. The van der Waals surface area contributed by atoms with Crippen molar-refractivity contribution in [3.05, 3.63) is 29.8 Å². The van der Waals surface area contributed by atoms with Crippen LogP contribution in [-0.2, 0) is 20.7 Å². The number of anilines is 1. The van der Waals surface area contributed by atoms with Crippen LogP contribution in [0.15, 0.2) is 24.3 Å². The quantitative estimate of drug-likeness (QED) is 0.846. The summed E-state index contributed by atoms with van der Waals surface area (Å²) in [7, 11) is 0.